The summed E-state index contributed by atoms with van der Waals surface area (Å²) in [5.74, 6) is -0.397. The number of esters is 1. The SMILES string of the molecule is C/C=C/[C@](C)(SC(=O)CC)C(=O)OCc1ccccc1. The second kappa shape index (κ2) is 7.90. The van der Waals surface area contributed by atoms with Crippen molar-refractivity contribution in [3.05, 3.63) is 48.0 Å². The van der Waals surface area contributed by atoms with Crippen molar-refractivity contribution in [2.75, 3.05) is 0 Å². The van der Waals surface area contributed by atoms with E-state index in [1.807, 2.05) is 37.3 Å². The normalized spacial score (nSPS) is 13.9. The number of ether oxygens (including phenoxy) is 1. The highest BCUT2D eigenvalue weighted by atomic mass is 32.2. The largest absolute Gasteiger partial charge is 0.460 e. The fourth-order valence-corrected chi connectivity index (χ4v) is 2.60. The number of allylic oxidation sites excluding steroid dienone is 1. The number of hydrogen-bond donors (Lipinski definition) is 0. The van der Waals surface area contributed by atoms with Gasteiger partial charge in [0.2, 0.25) is 0 Å². The summed E-state index contributed by atoms with van der Waals surface area (Å²) >= 11 is 1.01. The molecule has 0 saturated heterocycles. The summed E-state index contributed by atoms with van der Waals surface area (Å²) in [6.45, 7) is 5.52. The standard InChI is InChI=1S/C16H20O3S/c1-4-11-16(3,20-14(17)5-2)15(18)19-12-13-9-7-6-8-10-13/h4,6-11H,5,12H2,1-3H3/b11-4+/t16-/m0/s1. The molecule has 1 atom stereocenters. The van der Waals surface area contributed by atoms with Crippen molar-refractivity contribution in [1.82, 2.24) is 0 Å². The lowest BCUT2D eigenvalue weighted by molar-refractivity contribution is -0.146. The Morgan fingerprint density at radius 1 is 1.30 bits per heavy atom. The van der Waals surface area contributed by atoms with E-state index in [-0.39, 0.29) is 11.7 Å². The van der Waals surface area contributed by atoms with E-state index in [1.165, 1.54) is 0 Å². The van der Waals surface area contributed by atoms with Crippen molar-refractivity contribution >= 4 is 22.8 Å². The van der Waals surface area contributed by atoms with Crippen LogP contribution in [0.2, 0.25) is 0 Å². The van der Waals surface area contributed by atoms with Gasteiger partial charge in [-0.15, -0.1) is 0 Å². The van der Waals surface area contributed by atoms with Crippen molar-refractivity contribution in [3.8, 4) is 0 Å². The zero-order valence-corrected chi connectivity index (χ0v) is 12.9. The molecule has 1 rings (SSSR count). The summed E-state index contributed by atoms with van der Waals surface area (Å²) in [6, 6.07) is 9.48. The Kier molecular flexibility index (Phi) is 6.52. The molecular formula is C16H20O3S. The van der Waals surface area contributed by atoms with Crippen LogP contribution in [0.4, 0.5) is 0 Å². The second-order valence-corrected chi connectivity index (χ2v) is 6.00. The quantitative estimate of drug-likeness (QED) is 0.592. The Balaban J connectivity index is 2.71. The van der Waals surface area contributed by atoms with Crippen LogP contribution in [-0.4, -0.2) is 15.8 Å². The molecule has 0 spiro atoms. The van der Waals surface area contributed by atoms with Crippen LogP contribution in [0.3, 0.4) is 0 Å². The molecule has 0 aromatic heterocycles. The fourth-order valence-electron chi connectivity index (χ4n) is 1.64. The van der Waals surface area contributed by atoms with Crippen LogP contribution in [0.1, 0.15) is 32.8 Å². The van der Waals surface area contributed by atoms with E-state index >= 15 is 0 Å². The van der Waals surface area contributed by atoms with Crippen molar-refractivity contribution in [3.63, 3.8) is 0 Å². The van der Waals surface area contributed by atoms with Gasteiger partial charge in [0.1, 0.15) is 11.4 Å². The van der Waals surface area contributed by atoms with E-state index in [2.05, 4.69) is 0 Å². The summed E-state index contributed by atoms with van der Waals surface area (Å²) in [7, 11) is 0. The molecule has 0 aliphatic rings. The molecule has 4 heteroatoms. The van der Waals surface area contributed by atoms with Crippen LogP contribution in [0, 0.1) is 0 Å². The maximum atomic E-state index is 12.2. The molecule has 20 heavy (non-hydrogen) atoms. The first kappa shape index (κ1) is 16.5. The highest BCUT2D eigenvalue weighted by Gasteiger charge is 2.35. The molecule has 1 aromatic carbocycles. The zero-order chi connectivity index (χ0) is 15.0. The third kappa shape index (κ3) is 4.85. The molecule has 0 saturated carbocycles. The highest BCUT2D eigenvalue weighted by molar-refractivity contribution is 8.15. The number of benzene rings is 1. The smallest absolute Gasteiger partial charge is 0.326 e. The van der Waals surface area contributed by atoms with Gasteiger partial charge in [-0.3, -0.25) is 9.59 Å². The van der Waals surface area contributed by atoms with E-state index in [1.54, 1.807) is 26.0 Å². The lowest BCUT2D eigenvalue weighted by atomic mass is 10.1. The number of carbonyl (C=O) groups excluding carboxylic acids is 2. The first-order valence-corrected chi connectivity index (χ1v) is 7.40. The lowest BCUT2D eigenvalue weighted by Gasteiger charge is -2.22. The Bertz CT molecular complexity index is 482. The van der Waals surface area contributed by atoms with Gasteiger partial charge >= 0.3 is 5.97 Å². The van der Waals surface area contributed by atoms with Crippen LogP contribution < -0.4 is 0 Å². The minimum Gasteiger partial charge on any atom is -0.460 e. The van der Waals surface area contributed by atoms with Gasteiger partial charge in [0.05, 0.1) is 0 Å². The zero-order valence-electron chi connectivity index (χ0n) is 12.1. The van der Waals surface area contributed by atoms with Crippen LogP contribution in [0.5, 0.6) is 0 Å². The molecule has 0 aliphatic carbocycles. The second-order valence-electron chi connectivity index (χ2n) is 4.50. The Morgan fingerprint density at radius 3 is 2.50 bits per heavy atom. The average Bonchev–Trinajstić information content (AvgIpc) is 2.45. The molecule has 0 unspecified atom stereocenters. The van der Waals surface area contributed by atoms with E-state index in [4.69, 9.17) is 4.74 Å². The van der Waals surface area contributed by atoms with Crippen LogP contribution in [0.15, 0.2) is 42.5 Å². The Hall–Kier alpha value is -1.55. The molecule has 0 amide bonds. The van der Waals surface area contributed by atoms with Crippen molar-refractivity contribution < 1.29 is 14.3 Å². The van der Waals surface area contributed by atoms with Crippen LogP contribution >= 0.6 is 11.8 Å². The number of carbonyl (C=O) groups is 2. The van der Waals surface area contributed by atoms with Gasteiger partial charge in [-0.2, -0.15) is 0 Å². The number of rotatable bonds is 6. The maximum absolute atomic E-state index is 12.2. The summed E-state index contributed by atoms with van der Waals surface area (Å²) < 4.78 is 4.37. The Labute approximate surface area is 124 Å². The summed E-state index contributed by atoms with van der Waals surface area (Å²) in [5, 5.41) is -0.0257. The first-order chi connectivity index (χ1) is 9.51. The van der Waals surface area contributed by atoms with Crippen molar-refractivity contribution in [2.24, 2.45) is 0 Å². The molecule has 0 heterocycles. The average molecular weight is 292 g/mol. The molecule has 0 radical (unpaired) electrons. The van der Waals surface area contributed by atoms with Gasteiger partial charge in [0, 0.05) is 6.42 Å². The van der Waals surface area contributed by atoms with Gasteiger partial charge in [0.15, 0.2) is 5.12 Å². The minimum atomic E-state index is -0.962. The topological polar surface area (TPSA) is 43.4 Å². The fraction of sp³-hybridized carbons (Fsp3) is 0.375. The summed E-state index contributed by atoms with van der Waals surface area (Å²) in [6.07, 6.45) is 3.86. The van der Waals surface area contributed by atoms with E-state index < -0.39 is 10.7 Å². The molecule has 0 aliphatic heterocycles. The van der Waals surface area contributed by atoms with E-state index in [9.17, 15) is 9.59 Å². The van der Waals surface area contributed by atoms with Gasteiger partial charge < -0.3 is 4.74 Å². The third-order valence-electron chi connectivity index (χ3n) is 2.72. The Morgan fingerprint density at radius 2 is 1.95 bits per heavy atom. The predicted molar refractivity (Wildman–Crippen MR) is 82.3 cm³/mol. The van der Waals surface area contributed by atoms with E-state index in [0.717, 1.165) is 17.3 Å². The van der Waals surface area contributed by atoms with Crippen molar-refractivity contribution in [1.29, 1.82) is 0 Å². The van der Waals surface area contributed by atoms with Gasteiger partial charge in [-0.05, 0) is 19.4 Å². The summed E-state index contributed by atoms with van der Waals surface area (Å²) in [4.78, 5) is 23.8. The number of hydrogen-bond acceptors (Lipinski definition) is 4. The van der Waals surface area contributed by atoms with Gasteiger partial charge in [-0.1, -0.05) is 61.2 Å². The third-order valence-corrected chi connectivity index (χ3v) is 3.96. The summed E-state index contributed by atoms with van der Waals surface area (Å²) in [5.41, 5.74) is 0.926. The van der Waals surface area contributed by atoms with E-state index in [0.29, 0.717) is 6.42 Å². The molecule has 0 bridgehead atoms. The highest BCUT2D eigenvalue weighted by Crippen LogP contribution is 2.30. The monoisotopic (exact) mass is 292 g/mol. The molecular weight excluding hydrogens is 272 g/mol. The van der Waals surface area contributed by atoms with Crippen LogP contribution in [-0.2, 0) is 20.9 Å². The van der Waals surface area contributed by atoms with Crippen molar-refractivity contribution in [2.45, 2.75) is 38.5 Å². The molecule has 3 nitrogen and oxygen atoms in total. The number of thioether (sulfide) groups is 1. The first-order valence-electron chi connectivity index (χ1n) is 6.58. The van der Waals surface area contributed by atoms with Gasteiger partial charge in [0.25, 0.3) is 0 Å². The van der Waals surface area contributed by atoms with Gasteiger partial charge in [-0.25, -0.2) is 0 Å². The molecule has 0 fully saturated rings. The lowest BCUT2D eigenvalue weighted by Crippen LogP contribution is -2.32. The van der Waals surface area contributed by atoms with Crippen LogP contribution in [0.25, 0.3) is 0 Å². The molecule has 1 aromatic rings. The maximum Gasteiger partial charge on any atom is 0.326 e. The predicted octanol–water partition coefficient (Wildman–Crippen LogP) is 3.73. The molecule has 0 N–H and O–H groups in total. The minimum absolute atomic E-state index is 0.0257. The molecule has 108 valence electrons.